The topological polar surface area (TPSA) is 70.1 Å². The highest BCUT2D eigenvalue weighted by molar-refractivity contribution is 8.14. The normalized spacial score (nSPS) is 19.8. The zero-order valence-corrected chi connectivity index (χ0v) is 19.6. The summed E-state index contributed by atoms with van der Waals surface area (Å²) < 4.78 is 27.7. The summed E-state index contributed by atoms with van der Waals surface area (Å²) in [6, 6.07) is 13.4. The molecule has 0 radical (unpaired) electrons. The SMILES string of the molecule is CC1CSC(N(C(=O)c2cccc(S(=O)(=O)N3CCCCC3)c2)c2ccc(Cl)cc2)=N1. The molecule has 1 amide bonds. The van der Waals surface area contributed by atoms with Gasteiger partial charge in [-0.1, -0.05) is 35.9 Å². The van der Waals surface area contributed by atoms with Crippen molar-refractivity contribution in [1.82, 2.24) is 4.31 Å². The van der Waals surface area contributed by atoms with E-state index in [2.05, 4.69) is 4.99 Å². The molecule has 0 saturated carbocycles. The van der Waals surface area contributed by atoms with Crippen LogP contribution in [0.4, 0.5) is 5.69 Å². The smallest absolute Gasteiger partial charge is 0.264 e. The predicted octanol–water partition coefficient (Wildman–Crippen LogP) is 4.65. The fourth-order valence-corrected chi connectivity index (χ4v) is 6.38. The molecule has 2 aromatic carbocycles. The molecule has 31 heavy (non-hydrogen) atoms. The average Bonchev–Trinajstić information content (AvgIpc) is 3.21. The van der Waals surface area contributed by atoms with Crippen molar-refractivity contribution in [3.63, 3.8) is 0 Å². The minimum absolute atomic E-state index is 0.105. The minimum Gasteiger partial charge on any atom is -0.268 e. The van der Waals surface area contributed by atoms with Gasteiger partial charge in [-0.2, -0.15) is 4.31 Å². The number of thioether (sulfide) groups is 1. The number of nitrogens with zero attached hydrogens (tertiary/aromatic N) is 3. The first-order chi connectivity index (χ1) is 14.9. The Kier molecular flexibility index (Phi) is 6.71. The van der Waals surface area contributed by atoms with Crippen LogP contribution in [-0.4, -0.2) is 48.7 Å². The van der Waals surface area contributed by atoms with Crippen molar-refractivity contribution >= 4 is 50.1 Å². The maximum absolute atomic E-state index is 13.6. The van der Waals surface area contributed by atoms with Crippen LogP contribution in [0, 0.1) is 0 Å². The number of hydrogen-bond acceptors (Lipinski definition) is 5. The van der Waals surface area contributed by atoms with E-state index in [4.69, 9.17) is 11.6 Å². The Hall–Kier alpha value is -1.87. The molecule has 1 fully saturated rings. The van der Waals surface area contributed by atoms with E-state index in [1.165, 1.54) is 27.0 Å². The number of aliphatic imine (C=N–C) groups is 1. The number of amidine groups is 1. The van der Waals surface area contributed by atoms with Crippen molar-refractivity contribution in [2.75, 3.05) is 23.7 Å². The van der Waals surface area contributed by atoms with Crippen molar-refractivity contribution in [3.05, 3.63) is 59.1 Å². The number of carbonyl (C=O) groups is 1. The summed E-state index contributed by atoms with van der Waals surface area (Å²) in [6.45, 7) is 3.03. The lowest BCUT2D eigenvalue weighted by Gasteiger charge is -2.26. The van der Waals surface area contributed by atoms with Gasteiger partial charge in [-0.05, 0) is 62.2 Å². The molecule has 6 nitrogen and oxygen atoms in total. The van der Waals surface area contributed by atoms with Gasteiger partial charge >= 0.3 is 0 Å². The highest BCUT2D eigenvalue weighted by atomic mass is 35.5. The zero-order valence-electron chi connectivity index (χ0n) is 17.2. The number of piperidine rings is 1. The maximum atomic E-state index is 13.6. The van der Waals surface area contributed by atoms with E-state index in [-0.39, 0.29) is 16.8 Å². The van der Waals surface area contributed by atoms with Crippen LogP contribution >= 0.6 is 23.4 Å². The van der Waals surface area contributed by atoms with Crippen LogP contribution in [-0.2, 0) is 10.0 Å². The van der Waals surface area contributed by atoms with Crippen LogP contribution in [0.15, 0.2) is 58.4 Å². The third-order valence-corrected chi connectivity index (χ3v) is 8.64. The van der Waals surface area contributed by atoms with E-state index in [1.54, 1.807) is 42.5 Å². The number of amides is 1. The number of hydrogen-bond donors (Lipinski definition) is 0. The third-order valence-electron chi connectivity index (χ3n) is 5.30. The Labute approximate surface area is 192 Å². The van der Waals surface area contributed by atoms with Crippen LogP contribution in [0.3, 0.4) is 0 Å². The van der Waals surface area contributed by atoms with Crippen molar-refractivity contribution in [1.29, 1.82) is 0 Å². The Bertz CT molecular complexity index is 1100. The number of benzene rings is 2. The Morgan fingerprint density at radius 3 is 2.48 bits per heavy atom. The summed E-state index contributed by atoms with van der Waals surface area (Å²) >= 11 is 7.54. The lowest BCUT2D eigenvalue weighted by atomic mass is 10.2. The molecule has 0 bridgehead atoms. The molecular formula is C22H24ClN3O3S2. The number of rotatable bonds is 4. The van der Waals surface area contributed by atoms with Gasteiger partial charge in [0.15, 0.2) is 5.17 Å². The summed E-state index contributed by atoms with van der Waals surface area (Å²) in [6.07, 6.45) is 2.76. The predicted molar refractivity (Wildman–Crippen MR) is 127 cm³/mol. The second-order valence-corrected chi connectivity index (χ2v) is 11.0. The molecule has 0 aliphatic carbocycles. The van der Waals surface area contributed by atoms with E-state index >= 15 is 0 Å². The van der Waals surface area contributed by atoms with Crippen molar-refractivity contribution < 1.29 is 13.2 Å². The minimum atomic E-state index is -3.63. The van der Waals surface area contributed by atoms with Crippen LogP contribution in [0.2, 0.25) is 5.02 Å². The fourth-order valence-electron chi connectivity index (χ4n) is 3.66. The first-order valence-corrected chi connectivity index (χ1v) is 13.1. The molecule has 0 N–H and O–H groups in total. The quantitative estimate of drug-likeness (QED) is 0.642. The van der Waals surface area contributed by atoms with Gasteiger partial charge in [0, 0.05) is 29.4 Å². The second kappa shape index (κ2) is 9.32. The molecule has 2 aromatic rings. The molecule has 1 atom stereocenters. The Morgan fingerprint density at radius 1 is 1.13 bits per heavy atom. The molecule has 164 valence electrons. The monoisotopic (exact) mass is 477 g/mol. The summed E-state index contributed by atoms with van der Waals surface area (Å²) in [5.41, 5.74) is 0.940. The lowest BCUT2D eigenvalue weighted by Crippen LogP contribution is -2.36. The zero-order chi connectivity index (χ0) is 22.0. The van der Waals surface area contributed by atoms with Gasteiger partial charge in [0.1, 0.15) is 0 Å². The standard InChI is InChI=1S/C22H24ClN3O3S2/c1-16-15-30-22(24-16)26(19-10-8-18(23)9-11-19)21(27)17-6-5-7-20(14-17)31(28,29)25-12-3-2-4-13-25/h5-11,14,16H,2-4,12-13,15H2,1H3. The van der Waals surface area contributed by atoms with Crippen molar-refractivity contribution in [2.24, 2.45) is 4.99 Å². The molecule has 9 heteroatoms. The van der Waals surface area contributed by atoms with Gasteiger partial charge in [0.25, 0.3) is 5.91 Å². The molecule has 2 heterocycles. The highest BCUT2D eigenvalue weighted by Crippen LogP contribution is 2.29. The summed E-state index contributed by atoms with van der Waals surface area (Å²) in [7, 11) is -3.63. The van der Waals surface area contributed by atoms with Gasteiger partial charge in [0.05, 0.1) is 16.6 Å². The molecular weight excluding hydrogens is 454 g/mol. The molecule has 2 aliphatic heterocycles. The average molecular weight is 478 g/mol. The first-order valence-electron chi connectivity index (χ1n) is 10.3. The third kappa shape index (κ3) is 4.82. The highest BCUT2D eigenvalue weighted by Gasteiger charge is 2.30. The van der Waals surface area contributed by atoms with Crippen LogP contribution in [0.5, 0.6) is 0 Å². The molecule has 1 saturated heterocycles. The van der Waals surface area contributed by atoms with Gasteiger partial charge in [-0.3, -0.25) is 14.7 Å². The molecule has 0 spiro atoms. The largest absolute Gasteiger partial charge is 0.268 e. The lowest BCUT2D eigenvalue weighted by molar-refractivity contribution is 0.100. The van der Waals surface area contributed by atoms with Gasteiger partial charge in [0.2, 0.25) is 10.0 Å². The van der Waals surface area contributed by atoms with Crippen molar-refractivity contribution in [2.45, 2.75) is 37.1 Å². The van der Waals surface area contributed by atoms with E-state index in [1.807, 2.05) is 6.92 Å². The van der Waals surface area contributed by atoms with Crippen molar-refractivity contribution in [3.8, 4) is 0 Å². The Morgan fingerprint density at radius 2 is 1.84 bits per heavy atom. The Balaban J connectivity index is 1.70. The maximum Gasteiger partial charge on any atom is 0.264 e. The number of sulfonamides is 1. The van der Waals surface area contributed by atoms with E-state index in [9.17, 15) is 13.2 Å². The number of halogens is 1. The molecule has 2 aliphatic rings. The van der Waals surface area contributed by atoms with Gasteiger partial charge in [-0.15, -0.1) is 0 Å². The fraction of sp³-hybridized carbons (Fsp3) is 0.364. The molecule has 4 rings (SSSR count). The number of carbonyl (C=O) groups excluding carboxylic acids is 1. The van der Waals surface area contributed by atoms with Crippen LogP contribution in [0.1, 0.15) is 36.5 Å². The first kappa shape index (κ1) is 22.3. The summed E-state index contributed by atoms with van der Waals surface area (Å²) in [4.78, 5) is 19.9. The van der Waals surface area contributed by atoms with Crippen LogP contribution < -0.4 is 4.90 Å². The van der Waals surface area contributed by atoms with Crippen LogP contribution in [0.25, 0.3) is 0 Å². The number of anilines is 1. The second-order valence-electron chi connectivity index (χ2n) is 7.68. The van der Waals surface area contributed by atoms with Gasteiger partial charge < -0.3 is 0 Å². The summed E-state index contributed by atoms with van der Waals surface area (Å²) in [5, 5.41) is 1.17. The molecule has 0 aromatic heterocycles. The van der Waals surface area contributed by atoms with E-state index in [0.29, 0.717) is 34.5 Å². The van der Waals surface area contributed by atoms with E-state index in [0.717, 1.165) is 25.0 Å². The summed E-state index contributed by atoms with van der Waals surface area (Å²) in [5.74, 6) is 0.467. The molecule has 1 unspecified atom stereocenters. The van der Waals surface area contributed by atoms with E-state index < -0.39 is 10.0 Å². The van der Waals surface area contributed by atoms with Gasteiger partial charge in [-0.25, -0.2) is 8.42 Å².